The van der Waals surface area contributed by atoms with E-state index >= 15 is 0 Å². The Morgan fingerprint density at radius 1 is 1.10 bits per heavy atom. The van der Waals surface area contributed by atoms with E-state index in [0.29, 0.717) is 17.9 Å². The summed E-state index contributed by atoms with van der Waals surface area (Å²) in [5, 5.41) is 11.7. The molecule has 0 aliphatic carbocycles. The van der Waals surface area contributed by atoms with Crippen LogP contribution in [0.1, 0.15) is 21.5 Å². The van der Waals surface area contributed by atoms with Gasteiger partial charge < -0.3 is 10.4 Å². The predicted molar refractivity (Wildman–Crippen MR) is 81.2 cm³/mol. The maximum absolute atomic E-state index is 12.1. The lowest BCUT2D eigenvalue weighted by molar-refractivity contribution is 0.102. The van der Waals surface area contributed by atoms with E-state index in [-0.39, 0.29) is 12.5 Å². The van der Waals surface area contributed by atoms with Crippen LogP contribution < -0.4 is 5.32 Å². The Morgan fingerprint density at radius 2 is 1.85 bits per heavy atom. The maximum Gasteiger partial charge on any atom is 0.255 e. The molecule has 2 rings (SSSR count). The van der Waals surface area contributed by atoms with E-state index in [9.17, 15) is 4.79 Å². The summed E-state index contributed by atoms with van der Waals surface area (Å²) in [6, 6.07) is 14.7. The molecule has 0 spiro atoms. The number of anilines is 1. The van der Waals surface area contributed by atoms with Crippen LogP contribution in [0, 0.1) is 0 Å². The number of nitrogens with one attached hydrogen (secondary N) is 1. The highest BCUT2D eigenvalue weighted by molar-refractivity contribution is 6.17. The van der Waals surface area contributed by atoms with Gasteiger partial charge in [0.1, 0.15) is 0 Å². The molecule has 0 heterocycles. The second kappa shape index (κ2) is 7.08. The van der Waals surface area contributed by atoms with Crippen LogP contribution in [-0.2, 0) is 12.3 Å². The number of rotatable bonds is 5. The number of hydrogen-bond acceptors (Lipinski definition) is 2. The van der Waals surface area contributed by atoms with Gasteiger partial charge in [0, 0.05) is 23.7 Å². The molecule has 0 aromatic heterocycles. The number of hydrogen-bond donors (Lipinski definition) is 2. The summed E-state index contributed by atoms with van der Waals surface area (Å²) in [5.74, 6) is 0.226. The van der Waals surface area contributed by atoms with Gasteiger partial charge in [0.05, 0.1) is 0 Å². The second-order valence-corrected chi connectivity index (χ2v) is 4.73. The van der Waals surface area contributed by atoms with Crippen molar-refractivity contribution in [1.82, 2.24) is 0 Å². The normalized spacial score (nSPS) is 10.3. The van der Waals surface area contributed by atoms with Crippen molar-refractivity contribution in [3.8, 4) is 0 Å². The summed E-state index contributed by atoms with van der Waals surface area (Å²) in [6.45, 7) is 0.122. The lowest BCUT2D eigenvalue weighted by atomic mass is 10.1. The zero-order valence-corrected chi connectivity index (χ0v) is 11.7. The van der Waals surface area contributed by atoms with E-state index in [0.717, 1.165) is 16.8 Å². The average Bonchev–Trinajstić information content (AvgIpc) is 2.49. The summed E-state index contributed by atoms with van der Waals surface area (Å²) in [5.41, 5.74) is 3.27. The molecule has 0 atom stereocenters. The first-order valence-electron chi connectivity index (χ1n) is 6.39. The average molecular weight is 290 g/mol. The molecule has 4 heteroatoms. The molecule has 0 unspecified atom stereocenters. The Morgan fingerprint density at radius 3 is 2.50 bits per heavy atom. The van der Waals surface area contributed by atoms with Crippen molar-refractivity contribution in [2.75, 3.05) is 11.9 Å². The maximum atomic E-state index is 12.1. The van der Waals surface area contributed by atoms with Gasteiger partial charge in [-0.2, -0.15) is 0 Å². The quantitative estimate of drug-likeness (QED) is 0.831. The molecule has 2 aromatic rings. The van der Waals surface area contributed by atoms with Crippen LogP contribution >= 0.6 is 11.6 Å². The first-order chi connectivity index (χ1) is 9.72. The third-order valence-corrected chi connectivity index (χ3v) is 3.26. The minimum absolute atomic E-state index is 0.122. The molecule has 3 nitrogen and oxygen atoms in total. The molecular weight excluding hydrogens is 274 g/mol. The summed E-state index contributed by atoms with van der Waals surface area (Å²) in [7, 11) is 0. The Labute approximate surface area is 123 Å². The lowest BCUT2D eigenvalue weighted by Gasteiger charge is -2.07. The first-order valence-corrected chi connectivity index (χ1v) is 6.92. The molecule has 0 aliphatic rings. The van der Waals surface area contributed by atoms with Gasteiger partial charge in [-0.05, 0) is 41.8 Å². The summed E-state index contributed by atoms with van der Waals surface area (Å²) in [4.78, 5) is 12.1. The topological polar surface area (TPSA) is 49.3 Å². The van der Waals surface area contributed by atoms with Gasteiger partial charge in [-0.15, -0.1) is 11.6 Å². The number of benzene rings is 2. The van der Waals surface area contributed by atoms with E-state index in [2.05, 4.69) is 5.32 Å². The van der Waals surface area contributed by atoms with Gasteiger partial charge in [0.2, 0.25) is 0 Å². The van der Waals surface area contributed by atoms with Crippen LogP contribution in [0.5, 0.6) is 0 Å². The van der Waals surface area contributed by atoms with Crippen LogP contribution in [0.2, 0.25) is 0 Å². The lowest BCUT2D eigenvalue weighted by Crippen LogP contribution is -2.12. The Balaban J connectivity index is 2.06. The minimum atomic E-state index is -0.160. The van der Waals surface area contributed by atoms with Crippen molar-refractivity contribution in [3.63, 3.8) is 0 Å². The van der Waals surface area contributed by atoms with E-state index in [1.165, 1.54) is 0 Å². The molecule has 2 aromatic carbocycles. The third-order valence-electron chi connectivity index (χ3n) is 2.96. The molecule has 104 valence electrons. The standard InChI is InChI=1S/C16H16ClNO2/c17-11-13-2-1-3-14(10-13)16(20)18-15-6-4-12(5-7-15)8-9-19/h1-7,10,19H,8-9,11H2,(H,18,20). The Hall–Kier alpha value is -1.84. The molecule has 2 N–H and O–H groups in total. The number of alkyl halides is 1. The van der Waals surface area contributed by atoms with Crippen LogP contribution in [0.25, 0.3) is 0 Å². The minimum Gasteiger partial charge on any atom is -0.396 e. The Bertz CT molecular complexity index is 581. The highest BCUT2D eigenvalue weighted by Gasteiger charge is 2.06. The molecule has 0 aliphatic heterocycles. The zero-order valence-electron chi connectivity index (χ0n) is 11.0. The largest absolute Gasteiger partial charge is 0.396 e. The molecule has 20 heavy (non-hydrogen) atoms. The van der Waals surface area contributed by atoms with Gasteiger partial charge in [-0.25, -0.2) is 0 Å². The fraction of sp³-hybridized carbons (Fsp3) is 0.188. The van der Waals surface area contributed by atoms with E-state index in [4.69, 9.17) is 16.7 Å². The van der Waals surface area contributed by atoms with Crippen molar-refractivity contribution >= 4 is 23.2 Å². The van der Waals surface area contributed by atoms with Gasteiger partial charge in [0.25, 0.3) is 5.91 Å². The summed E-state index contributed by atoms with van der Waals surface area (Å²) >= 11 is 5.76. The number of carbonyl (C=O) groups is 1. The smallest absolute Gasteiger partial charge is 0.255 e. The highest BCUT2D eigenvalue weighted by atomic mass is 35.5. The molecular formula is C16H16ClNO2. The molecule has 0 fully saturated rings. The summed E-state index contributed by atoms with van der Waals surface area (Å²) < 4.78 is 0. The highest BCUT2D eigenvalue weighted by Crippen LogP contribution is 2.13. The number of aliphatic hydroxyl groups excluding tert-OH is 1. The number of aliphatic hydroxyl groups is 1. The SMILES string of the molecule is O=C(Nc1ccc(CCO)cc1)c1cccc(CCl)c1. The van der Waals surface area contributed by atoms with Gasteiger partial charge >= 0.3 is 0 Å². The monoisotopic (exact) mass is 289 g/mol. The number of amides is 1. The molecule has 0 saturated carbocycles. The molecule has 1 amide bonds. The van der Waals surface area contributed by atoms with Crippen LogP contribution in [0.15, 0.2) is 48.5 Å². The van der Waals surface area contributed by atoms with Crippen molar-refractivity contribution in [3.05, 3.63) is 65.2 Å². The Kier molecular flexibility index (Phi) is 5.16. The van der Waals surface area contributed by atoms with Crippen LogP contribution in [0.4, 0.5) is 5.69 Å². The van der Waals surface area contributed by atoms with Crippen molar-refractivity contribution in [1.29, 1.82) is 0 Å². The van der Waals surface area contributed by atoms with Crippen LogP contribution in [-0.4, -0.2) is 17.6 Å². The van der Waals surface area contributed by atoms with Crippen LogP contribution in [0.3, 0.4) is 0 Å². The molecule has 0 saturated heterocycles. The second-order valence-electron chi connectivity index (χ2n) is 4.46. The van der Waals surface area contributed by atoms with Crippen molar-refractivity contribution in [2.24, 2.45) is 0 Å². The molecule has 0 radical (unpaired) electrons. The van der Waals surface area contributed by atoms with E-state index < -0.39 is 0 Å². The van der Waals surface area contributed by atoms with Gasteiger partial charge in [0.15, 0.2) is 0 Å². The fourth-order valence-electron chi connectivity index (χ4n) is 1.88. The van der Waals surface area contributed by atoms with Gasteiger partial charge in [-0.1, -0.05) is 24.3 Å². The van der Waals surface area contributed by atoms with E-state index in [1.54, 1.807) is 12.1 Å². The summed E-state index contributed by atoms with van der Waals surface area (Å²) in [6.07, 6.45) is 0.617. The zero-order chi connectivity index (χ0) is 14.4. The van der Waals surface area contributed by atoms with Gasteiger partial charge in [-0.3, -0.25) is 4.79 Å². The number of halogens is 1. The number of carbonyl (C=O) groups excluding carboxylic acids is 1. The van der Waals surface area contributed by atoms with Crippen molar-refractivity contribution in [2.45, 2.75) is 12.3 Å². The third kappa shape index (κ3) is 3.83. The first kappa shape index (κ1) is 14.6. The molecule has 0 bridgehead atoms. The van der Waals surface area contributed by atoms with E-state index in [1.807, 2.05) is 36.4 Å². The fourth-order valence-corrected chi connectivity index (χ4v) is 2.05. The predicted octanol–water partition coefficient (Wildman–Crippen LogP) is 3.21. The van der Waals surface area contributed by atoms with Crippen molar-refractivity contribution < 1.29 is 9.90 Å².